The highest BCUT2D eigenvalue weighted by Crippen LogP contribution is 2.27. The number of hydrogen-bond donors (Lipinski definition) is 2. The van der Waals surface area contributed by atoms with Crippen LogP contribution in [0, 0.1) is 18.6 Å². The Morgan fingerprint density at radius 1 is 1.25 bits per heavy atom. The number of carbonyl (C=O) groups excluding carboxylic acids is 1. The molecule has 1 saturated heterocycles. The van der Waals surface area contributed by atoms with Crippen LogP contribution in [0.25, 0.3) is 0 Å². The molecule has 0 bridgehead atoms. The van der Waals surface area contributed by atoms with Crippen LogP contribution in [0.5, 0.6) is 0 Å². The second kappa shape index (κ2) is 7.77. The standard InChI is InChI=1S/C17H18F2N2O2.ClH/c1-10-2-5-16(23-10)17(22)21-15-9-20-7-6-12(15)11-3-4-13(18)14(19)8-11;/h2-5,8,12,15,20H,6-7,9H2,1H3,(H,21,22);1H. The number of halogens is 3. The summed E-state index contributed by atoms with van der Waals surface area (Å²) in [6.45, 7) is 3.09. The van der Waals surface area contributed by atoms with Crippen molar-refractivity contribution in [2.45, 2.75) is 25.3 Å². The summed E-state index contributed by atoms with van der Waals surface area (Å²) in [5, 5.41) is 6.13. The molecule has 2 atom stereocenters. The minimum Gasteiger partial charge on any atom is -0.456 e. The zero-order valence-corrected chi connectivity index (χ0v) is 14.0. The Kier molecular flexibility index (Phi) is 5.96. The third-order valence-electron chi connectivity index (χ3n) is 4.13. The summed E-state index contributed by atoms with van der Waals surface area (Å²) in [5.74, 6) is -1.21. The van der Waals surface area contributed by atoms with Crippen LogP contribution in [0.4, 0.5) is 8.78 Å². The second-order valence-corrected chi connectivity index (χ2v) is 5.76. The number of rotatable bonds is 3. The first-order valence-electron chi connectivity index (χ1n) is 7.57. The normalized spacial score (nSPS) is 20.3. The van der Waals surface area contributed by atoms with Gasteiger partial charge < -0.3 is 15.1 Å². The topological polar surface area (TPSA) is 54.3 Å². The molecule has 1 fully saturated rings. The van der Waals surface area contributed by atoms with Crippen molar-refractivity contribution < 1.29 is 18.0 Å². The lowest BCUT2D eigenvalue weighted by Crippen LogP contribution is -2.50. The molecule has 3 rings (SSSR count). The largest absolute Gasteiger partial charge is 0.456 e. The summed E-state index contributed by atoms with van der Waals surface area (Å²) in [6, 6.07) is 7.04. The smallest absolute Gasteiger partial charge is 0.287 e. The summed E-state index contributed by atoms with van der Waals surface area (Å²) in [7, 11) is 0. The summed E-state index contributed by atoms with van der Waals surface area (Å²) in [4.78, 5) is 12.3. The molecule has 4 nitrogen and oxygen atoms in total. The highest BCUT2D eigenvalue weighted by atomic mass is 35.5. The van der Waals surface area contributed by atoms with E-state index in [9.17, 15) is 13.6 Å². The van der Waals surface area contributed by atoms with E-state index in [-0.39, 0.29) is 36.0 Å². The Morgan fingerprint density at radius 2 is 2.04 bits per heavy atom. The first-order valence-corrected chi connectivity index (χ1v) is 7.57. The maximum atomic E-state index is 13.5. The van der Waals surface area contributed by atoms with E-state index in [1.54, 1.807) is 25.1 Å². The zero-order valence-electron chi connectivity index (χ0n) is 13.1. The number of furan rings is 1. The Bertz CT molecular complexity index is 720. The first-order chi connectivity index (χ1) is 11.0. The number of benzene rings is 1. The molecule has 7 heteroatoms. The number of carbonyl (C=O) groups is 1. The number of hydrogen-bond acceptors (Lipinski definition) is 3. The van der Waals surface area contributed by atoms with Crippen LogP contribution in [0.15, 0.2) is 34.7 Å². The average molecular weight is 357 g/mol. The summed E-state index contributed by atoms with van der Waals surface area (Å²) >= 11 is 0. The van der Waals surface area contributed by atoms with Crippen LogP contribution in [0.2, 0.25) is 0 Å². The molecule has 2 heterocycles. The van der Waals surface area contributed by atoms with E-state index in [4.69, 9.17) is 4.42 Å². The van der Waals surface area contributed by atoms with E-state index in [0.29, 0.717) is 17.9 Å². The van der Waals surface area contributed by atoms with Crippen molar-refractivity contribution in [3.63, 3.8) is 0 Å². The van der Waals surface area contributed by atoms with Gasteiger partial charge in [0.2, 0.25) is 0 Å². The molecule has 0 spiro atoms. The van der Waals surface area contributed by atoms with Crippen LogP contribution in [-0.4, -0.2) is 25.0 Å². The first kappa shape index (κ1) is 18.4. The van der Waals surface area contributed by atoms with Crippen LogP contribution in [-0.2, 0) is 0 Å². The zero-order chi connectivity index (χ0) is 16.4. The quantitative estimate of drug-likeness (QED) is 0.888. The van der Waals surface area contributed by atoms with Gasteiger partial charge in [-0.2, -0.15) is 0 Å². The fourth-order valence-electron chi connectivity index (χ4n) is 2.95. The van der Waals surface area contributed by atoms with E-state index in [0.717, 1.165) is 19.0 Å². The van der Waals surface area contributed by atoms with Gasteiger partial charge >= 0.3 is 0 Å². The van der Waals surface area contributed by atoms with E-state index in [2.05, 4.69) is 10.6 Å². The number of nitrogens with one attached hydrogen (secondary N) is 2. The Balaban J connectivity index is 0.00000208. The lowest BCUT2D eigenvalue weighted by atomic mass is 9.86. The molecular weight excluding hydrogens is 338 g/mol. The summed E-state index contributed by atoms with van der Waals surface area (Å²) < 4.78 is 31.9. The highest BCUT2D eigenvalue weighted by Gasteiger charge is 2.29. The lowest BCUT2D eigenvalue weighted by Gasteiger charge is -2.33. The van der Waals surface area contributed by atoms with Gasteiger partial charge in [0.25, 0.3) is 5.91 Å². The fraction of sp³-hybridized carbons (Fsp3) is 0.353. The van der Waals surface area contributed by atoms with Crippen LogP contribution >= 0.6 is 12.4 Å². The molecule has 1 aliphatic heterocycles. The molecule has 1 aromatic heterocycles. The number of aryl methyl sites for hydroxylation is 1. The minimum atomic E-state index is -0.868. The molecule has 130 valence electrons. The van der Waals surface area contributed by atoms with Crippen molar-refractivity contribution in [1.82, 2.24) is 10.6 Å². The van der Waals surface area contributed by atoms with Crippen molar-refractivity contribution in [1.29, 1.82) is 0 Å². The second-order valence-electron chi connectivity index (χ2n) is 5.76. The van der Waals surface area contributed by atoms with Crippen molar-refractivity contribution in [3.8, 4) is 0 Å². The highest BCUT2D eigenvalue weighted by molar-refractivity contribution is 5.91. The van der Waals surface area contributed by atoms with Crippen molar-refractivity contribution in [2.75, 3.05) is 13.1 Å². The van der Waals surface area contributed by atoms with Gasteiger partial charge in [0, 0.05) is 18.5 Å². The minimum absolute atomic E-state index is 0. The maximum absolute atomic E-state index is 13.5. The van der Waals surface area contributed by atoms with Gasteiger partial charge in [-0.15, -0.1) is 12.4 Å². The lowest BCUT2D eigenvalue weighted by molar-refractivity contribution is 0.0895. The molecule has 2 aromatic rings. The van der Waals surface area contributed by atoms with Crippen LogP contribution < -0.4 is 10.6 Å². The Labute approximate surface area is 145 Å². The van der Waals surface area contributed by atoms with Gasteiger partial charge in [-0.05, 0) is 49.7 Å². The fourth-order valence-corrected chi connectivity index (χ4v) is 2.95. The molecule has 1 aliphatic rings. The van der Waals surface area contributed by atoms with Gasteiger partial charge in [-0.1, -0.05) is 6.07 Å². The van der Waals surface area contributed by atoms with Gasteiger partial charge in [-0.3, -0.25) is 4.79 Å². The SMILES string of the molecule is Cc1ccc(C(=O)NC2CNCCC2c2ccc(F)c(F)c2)o1.Cl. The molecule has 1 amide bonds. The van der Waals surface area contributed by atoms with Crippen molar-refractivity contribution in [2.24, 2.45) is 0 Å². The molecule has 0 radical (unpaired) electrons. The van der Waals surface area contributed by atoms with Gasteiger partial charge in [0.15, 0.2) is 17.4 Å². The van der Waals surface area contributed by atoms with E-state index >= 15 is 0 Å². The Morgan fingerprint density at radius 3 is 2.71 bits per heavy atom. The van der Waals surface area contributed by atoms with E-state index in [1.165, 1.54) is 6.07 Å². The number of piperidine rings is 1. The van der Waals surface area contributed by atoms with Crippen LogP contribution in [0.1, 0.15) is 34.2 Å². The van der Waals surface area contributed by atoms with Gasteiger partial charge in [-0.25, -0.2) is 8.78 Å². The molecule has 2 N–H and O–H groups in total. The molecular formula is C17H19ClF2N2O2. The molecule has 2 unspecified atom stereocenters. The monoisotopic (exact) mass is 356 g/mol. The third kappa shape index (κ3) is 3.94. The van der Waals surface area contributed by atoms with Crippen LogP contribution in [0.3, 0.4) is 0 Å². The van der Waals surface area contributed by atoms with Crippen molar-refractivity contribution >= 4 is 18.3 Å². The molecule has 0 aliphatic carbocycles. The molecule has 0 saturated carbocycles. The predicted octanol–water partition coefficient (Wildman–Crippen LogP) is 3.16. The van der Waals surface area contributed by atoms with Crippen molar-refractivity contribution in [3.05, 3.63) is 59.1 Å². The summed E-state index contributed by atoms with van der Waals surface area (Å²) in [5.41, 5.74) is 0.686. The van der Waals surface area contributed by atoms with E-state index in [1.807, 2.05) is 0 Å². The van der Waals surface area contributed by atoms with Gasteiger partial charge in [0.1, 0.15) is 5.76 Å². The predicted molar refractivity (Wildman–Crippen MR) is 88.5 cm³/mol. The van der Waals surface area contributed by atoms with Gasteiger partial charge in [0.05, 0.1) is 0 Å². The average Bonchev–Trinajstić information content (AvgIpc) is 2.97. The molecule has 24 heavy (non-hydrogen) atoms. The number of amides is 1. The molecule has 1 aromatic carbocycles. The Hall–Kier alpha value is -1.92. The van der Waals surface area contributed by atoms with E-state index < -0.39 is 11.6 Å². The maximum Gasteiger partial charge on any atom is 0.287 e. The third-order valence-corrected chi connectivity index (χ3v) is 4.13. The summed E-state index contributed by atoms with van der Waals surface area (Å²) in [6.07, 6.45) is 0.729.